The number of piperazine rings is 1. The van der Waals surface area contributed by atoms with E-state index >= 15 is 0 Å². The second-order valence-corrected chi connectivity index (χ2v) is 3.81. The summed E-state index contributed by atoms with van der Waals surface area (Å²) < 4.78 is 0. The molecule has 0 unspecified atom stereocenters. The van der Waals surface area contributed by atoms with Gasteiger partial charge < -0.3 is 5.32 Å². The van der Waals surface area contributed by atoms with Crippen LogP contribution in [-0.4, -0.2) is 19.0 Å². The van der Waals surface area contributed by atoms with Crippen LogP contribution >= 0.6 is 0 Å². The molecule has 0 spiro atoms. The van der Waals surface area contributed by atoms with Gasteiger partial charge in [0, 0.05) is 13.1 Å². The Morgan fingerprint density at radius 3 is 2.60 bits per heavy atom. The molecule has 1 aliphatic heterocycles. The van der Waals surface area contributed by atoms with Crippen LogP contribution in [0.1, 0.15) is 18.9 Å². The summed E-state index contributed by atoms with van der Waals surface area (Å²) in [6.45, 7) is 3.58. The lowest BCUT2D eigenvalue weighted by Crippen LogP contribution is -2.60. The van der Waals surface area contributed by atoms with E-state index in [-0.39, 0.29) is 5.91 Å². The van der Waals surface area contributed by atoms with Crippen LogP contribution in [0.15, 0.2) is 30.3 Å². The zero-order valence-corrected chi connectivity index (χ0v) is 8.92. The summed E-state index contributed by atoms with van der Waals surface area (Å²) >= 11 is 0. The first-order chi connectivity index (χ1) is 7.29. The standard InChI is InChI=1S/C12H16N2O/c1-2-12(10-6-4-3-5-7-10)11(15)13-8-9-14-12/h3-7,14H,2,8-9H2,1H3,(H,13,15)/t12-/m0/s1. The maximum Gasteiger partial charge on any atom is 0.244 e. The Morgan fingerprint density at radius 1 is 1.27 bits per heavy atom. The Bertz CT molecular complexity index is 350. The molecule has 3 nitrogen and oxygen atoms in total. The van der Waals surface area contributed by atoms with Crippen LogP contribution in [-0.2, 0) is 10.3 Å². The van der Waals surface area contributed by atoms with Gasteiger partial charge in [0.25, 0.3) is 0 Å². The number of hydrogen-bond acceptors (Lipinski definition) is 2. The zero-order valence-electron chi connectivity index (χ0n) is 8.92. The minimum Gasteiger partial charge on any atom is -0.353 e. The fourth-order valence-corrected chi connectivity index (χ4v) is 2.13. The van der Waals surface area contributed by atoms with Crippen molar-refractivity contribution >= 4 is 5.91 Å². The predicted octanol–water partition coefficient (Wildman–Crippen LogP) is 1.01. The largest absolute Gasteiger partial charge is 0.353 e. The van der Waals surface area contributed by atoms with Gasteiger partial charge in [0.05, 0.1) is 0 Å². The monoisotopic (exact) mass is 204 g/mol. The number of carbonyl (C=O) groups excluding carboxylic acids is 1. The topological polar surface area (TPSA) is 41.1 Å². The first-order valence-corrected chi connectivity index (χ1v) is 5.38. The van der Waals surface area contributed by atoms with Gasteiger partial charge in [0.1, 0.15) is 5.54 Å². The summed E-state index contributed by atoms with van der Waals surface area (Å²) in [5.41, 5.74) is 0.518. The molecule has 0 radical (unpaired) electrons. The minimum atomic E-state index is -0.528. The molecule has 3 heteroatoms. The fraction of sp³-hybridized carbons (Fsp3) is 0.417. The van der Waals surface area contributed by atoms with Gasteiger partial charge in [0.2, 0.25) is 5.91 Å². The van der Waals surface area contributed by atoms with Crippen molar-refractivity contribution in [3.63, 3.8) is 0 Å². The van der Waals surface area contributed by atoms with Gasteiger partial charge in [0.15, 0.2) is 0 Å². The highest BCUT2D eigenvalue weighted by molar-refractivity contribution is 5.88. The summed E-state index contributed by atoms with van der Waals surface area (Å²) in [6, 6.07) is 9.91. The lowest BCUT2D eigenvalue weighted by atomic mass is 9.85. The lowest BCUT2D eigenvalue weighted by Gasteiger charge is -2.36. The highest BCUT2D eigenvalue weighted by atomic mass is 16.2. The molecule has 1 saturated heterocycles. The maximum atomic E-state index is 12.0. The summed E-state index contributed by atoms with van der Waals surface area (Å²) in [5, 5.41) is 6.26. The Labute approximate surface area is 89.9 Å². The molecule has 1 amide bonds. The zero-order chi connectivity index (χ0) is 10.7. The fourth-order valence-electron chi connectivity index (χ4n) is 2.13. The van der Waals surface area contributed by atoms with Crippen molar-refractivity contribution in [2.75, 3.05) is 13.1 Å². The second-order valence-electron chi connectivity index (χ2n) is 3.81. The second kappa shape index (κ2) is 4.03. The summed E-state index contributed by atoms with van der Waals surface area (Å²) in [7, 11) is 0. The third kappa shape index (κ3) is 1.63. The van der Waals surface area contributed by atoms with E-state index in [4.69, 9.17) is 0 Å². The molecule has 1 fully saturated rings. The van der Waals surface area contributed by atoms with E-state index < -0.39 is 5.54 Å². The van der Waals surface area contributed by atoms with Crippen molar-refractivity contribution in [3.8, 4) is 0 Å². The Hall–Kier alpha value is -1.35. The van der Waals surface area contributed by atoms with Crippen molar-refractivity contribution < 1.29 is 4.79 Å². The average Bonchev–Trinajstić information content (AvgIpc) is 2.31. The van der Waals surface area contributed by atoms with Crippen molar-refractivity contribution in [2.24, 2.45) is 0 Å². The van der Waals surface area contributed by atoms with Crippen molar-refractivity contribution in [1.82, 2.24) is 10.6 Å². The van der Waals surface area contributed by atoms with E-state index in [0.29, 0.717) is 6.54 Å². The van der Waals surface area contributed by atoms with Crippen LogP contribution in [0.5, 0.6) is 0 Å². The summed E-state index contributed by atoms with van der Waals surface area (Å²) in [4.78, 5) is 12.0. The molecule has 0 bridgehead atoms. The smallest absolute Gasteiger partial charge is 0.244 e. The van der Waals surface area contributed by atoms with Gasteiger partial charge in [-0.1, -0.05) is 37.3 Å². The van der Waals surface area contributed by atoms with Crippen LogP contribution in [0.4, 0.5) is 0 Å². The van der Waals surface area contributed by atoms with E-state index in [2.05, 4.69) is 10.6 Å². The molecule has 1 heterocycles. The number of hydrogen-bond donors (Lipinski definition) is 2. The molecule has 0 saturated carbocycles. The van der Waals surface area contributed by atoms with Crippen molar-refractivity contribution in [3.05, 3.63) is 35.9 Å². The normalized spacial score (nSPS) is 26.1. The average molecular weight is 204 g/mol. The van der Waals surface area contributed by atoms with Gasteiger partial charge in [-0.15, -0.1) is 0 Å². The molecule has 1 aromatic carbocycles. The van der Waals surface area contributed by atoms with Crippen molar-refractivity contribution in [2.45, 2.75) is 18.9 Å². The molecular weight excluding hydrogens is 188 g/mol. The predicted molar refractivity (Wildman–Crippen MR) is 59.4 cm³/mol. The van der Waals surface area contributed by atoms with Gasteiger partial charge in [-0.05, 0) is 12.0 Å². The molecule has 0 aliphatic carbocycles. The maximum absolute atomic E-state index is 12.0. The molecule has 15 heavy (non-hydrogen) atoms. The molecule has 0 aromatic heterocycles. The molecule has 2 N–H and O–H groups in total. The number of carbonyl (C=O) groups is 1. The highest BCUT2D eigenvalue weighted by Gasteiger charge is 2.39. The molecule has 2 rings (SSSR count). The number of benzene rings is 1. The van der Waals surface area contributed by atoms with Crippen LogP contribution in [0.3, 0.4) is 0 Å². The van der Waals surface area contributed by atoms with Gasteiger partial charge in [-0.25, -0.2) is 0 Å². The van der Waals surface area contributed by atoms with Crippen molar-refractivity contribution in [1.29, 1.82) is 0 Å². The van der Waals surface area contributed by atoms with E-state index in [1.54, 1.807) is 0 Å². The van der Waals surface area contributed by atoms with Gasteiger partial charge >= 0.3 is 0 Å². The molecule has 80 valence electrons. The van der Waals surface area contributed by atoms with Crippen LogP contribution in [0.25, 0.3) is 0 Å². The first kappa shape index (κ1) is 10.2. The van der Waals surface area contributed by atoms with E-state index in [1.807, 2.05) is 37.3 Å². The number of amides is 1. The lowest BCUT2D eigenvalue weighted by molar-refractivity contribution is -0.129. The molecule has 1 aliphatic rings. The quantitative estimate of drug-likeness (QED) is 0.755. The SMILES string of the molecule is CC[C@@]1(c2ccccc2)NCCNC1=O. The number of rotatable bonds is 2. The third-order valence-corrected chi connectivity index (χ3v) is 3.02. The highest BCUT2D eigenvalue weighted by Crippen LogP contribution is 2.26. The van der Waals surface area contributed by atoms with E-state index in [0.717, 1.165) is 18.5 Å². The Balaban J connectivity index is 2.40. The van der Waals surface area contributed by atoms with Gasteiger partial charge in [-0.2, -0.15) is 0 Å². The third-order valence-electron chi connectivity index (χ3n) is 3.02. The Morgan fingerprint density at radius 2 is 2.00 bits per heavy atom. The summed E-state index contributed by atoms with van der Waals surface area (Å²) in [5.74, 6) is 0.0856. The van der Waals surface area contributed by atoms with E-state index in [1.165, 1.54) is 0 Å². The Kier molecular flexibility index (Phi) is 2.73. The van der Waals surface area contributed by atoms with Crippen LogP contribution in [0.2, 0.25) is 0 Å². The van der Waals surface area contributed by atoms with Gasteiger partial charge in [-0.3, -0.25) is 10.1 Å². The summed E-state index contributed by atoms with van der Waals surface area (Å²) in [6.07, 6.45) is 0.767. The first-order valence-electron chi connectivity index (χ1n) is 5.38. The molecule has 1 atom stereocenters. The number of nitrogens with one attached hydrogen (secondary N) is 2. The van der Waals surface area contributed by atoms with E-state index in [9.17, 15) is 4.79 Å². The molecular formula is C12H16N2O. The molecule has 1 aromatic rings. The van der Waals surface area contributed by atoms with Crippen LogP contribution in [0, 0.1) is 0 Å². The minimum absolute atomic E-state index is 0.0856. The van der Waals surface area contributed by atoms with Crippen LogP contribution < -0.4 is 10.6 Å².